The van der Waals surface area contributed by atoms with Crippen LogP contribution in [0.25, 0.3) is 27.4 Å². The van der Waals surface area contributed by atoms with Gasteiger partial charge < -0.3 is 4.74 Å². The van der Waals surface area contributed by atoms with Crippen molar-refractivity contribution in [3.8, 4) is 27.4 Å². The van der Waals surface area contributed by atoms with Crippen LogP contribution in [0.15, 0.2) is 81.4 Å². The average Bonchev–Trinajstić information content (AvgIpc) is 3.42. The predicted molar refractivity (Wildman–Crippen MR) is 175 cm³/mol. The van der Waals surface area contributed by atoms with Gasteiger partial charge in [-0.1, -0.05) is 71.2 Å². The molecule has 5 rings (SSSR count). The van der Waals surface area contributed by atoms with Crippen molar-refractivity contribution >= 4 is 52.4 Å². The standard InChI is InChI=1S/C31H26Cl3N5O3S/c1-31(2,26-23(33)14-20(15-24(26)34)39-30(41)37-25(40)17-36-39)29-38-27(21-9-4-5-10-22(21)32)28(43-29)19-8-6-7-18(13-19)16-35-11-12-42-3/h4-10,13-17H,11-12H2,1-3H3,(H,37,40,41)/b35-16+. The van der Waals surface area contributed by atoms with Crippen LogP contribution in [-0.4, -0.2) is 46.2 Å². The van der Waals surface area contributed by atoms with Gasteiger partial charge in [-0.15, -0.1) is 11.3 Å². The van der Waals surface area contributed by atoms with E-state index >= 15 is 0 Å². The molecule has 0 radical (unpaired) electrons. The number of H-pyrrole nitrogens is 1. The Kier molecular flexibility index (Phi) is 9.29. The van der Waals surface area contributed by atoms with E-state index in [1.54, 1.807) is 19.2 Å². The summed E-state index contributed by atoms with van der Waals surface area (Å²) in [6.45, 7) is 5.09. The molecule has 0 saturated heterocycles. The number of thiazole rings is 1. The molecule has 0 bridgehead atoms. The van der Waals surface area contributed by atoms with E-state index in [-0.39, 0.29) is 0 Å². The first-order valence-electron chi connectivity index (χ1n) is 13.1. The Balaban J connectivity index is 1.63. The number of aromatic nitrogens is 4. The molecule has 0 fully saturated rings. The van der Waals surface area contributed by atoms with Crippen molar-refractivity contribution in [3.63, 3.8) is 0 Å². The van der Waals surface area contributed by atoms with E-state index in [4.69, 9.17) is 44.5 Å². The third-order valence-corrected chi connectivity index (χ3v) is 9.07. The van der Waals surface area contributed by atoms with Gasteiger partial charge in [0.1, 0.15) is 11.2 Å². The van der Waals surface area contributed by atoms with Gasteiger partial charge in [0, 0.05) is 39.9 Å². The lowest BCUT2D eigenvalue weighted by molar-refractivity contribution is 0.208. The third kappa shape index (κ3) is 6.51. The lowest BCUT2D eigenvalue weighted by Crippen LogP contribution is -2.30. The van der Waals surface area contributed by atoms with Crippen LogP contribution >= 0.6 is 46.1 Å². The maximum Gasteiger partial charge on any atom is 0.349 e. The number of rotatable bonds is 9. The highest BCUT2D eigenvalue weighted by molar-refractivity contribution is 7.16. The number of halogens is 3. The summed E-state index contributed by atoms with van der Waals surface area (Å²) < 4.78 is 6.12. The molecule has 2 aromatic heterocycles. The second-order valence-electron chi connectivity index (χ2n) is 10.1. The molecule has 12 heteroatoms. The van der Waals surface area contributed by atoms with Crippen LogP contribution in [0.1, 0.15) is 30.0 Å². The van der Waals surface area contributed by atoms with Gasteiger partial charge in [-0.25, -0.2) is 9.78 Å². The number of hydrogen-bond donors (Lipinski definition) is 1. The van der Waals surface area contributed by atoms with E-state index in [0.717, 1.165) is 43.1 Å². The number of benzene rings is 3. The topological polar surface area (TPSA) is 102 Å². The Morgan fingerprint density at radius 1 is 1.02 bits per heavy atom. The quantitative estimate of drug-likeness (QED) is 0.135. The van der Waals surface area contributed by atoms with Crippen LogP contribution in [0.5, 0.6) is 0 Å². The zero-order valence-corrected chi connectivity index (χ0v) is 26.5. The van der Waals surface area contributed by atoms with Crippen LogP contribution in [0, 0.1) is 0 Å². The summed E-state index contributed by atoms with van der Waals surface area (Å²) in [5.74, 6) is 0. The molecule has 0 aliphatic rings. The highest BCUT2D eigenvalue weighted by atomic mass is 35.5. The first-order valence-corrected chi connectivity index (χ1v) is 15.1. The van der Waals surface area contributed by atoms with Crippen LogP contribution in [-0.2, 0) is 10.2 Å². The number of ether oxygens (including phenoxy) is 1. The SMILES string of the molecule is COCC/N=C/c1cccc(-c2sc(C(C)(C)c3c(Cl)cc(-n4ncc(=O)[nH]c4=O)cc3Cl)nc2-c2ccccc2Cl)c1. The van der Waals surface area contributed by atoms with Crippen molar-refractivity contribution in [1.29, 1.82) is 0 Å². The Hall–Kier alpha value is -3.60. The number of nitrogens with zero attached hydrogens (tertiary/aromatic N) is 4. The minimum absolute atomic E-state index is 0.316. The molecule has 1 N–H and O–H groups in total. The van der Waals surface area contributed by atoms with E-state index in [2.05, 4.69) is 21.1 Å². The van der Waals surface area contributed by atoms with E-state index in [9.17, 15) is 9.59 Å². The van der Waals surface area contributed by atoms with Crippen molar-refractivity contribution in [3.05, 3.63) is 119 Å². The Morgan fingerprint density at radius 2 is 1.77 bits per heavy atom. The summed E-state index contributed by atoms with van der Waals surface area (Å²) >= 11 is 21.9. The molecule has 0 unspecified atom stereocenters. The van der Waals surface area contributed by atoms with Crippen LogP contribution in [0.3, 0.4) is 0 Å². The first kappa shape index (κ1) is 30.8. The molecule has 43 heavy (non-hydrogen) atoms. The summed E-state index contributed by atoms with van der Waals surface area (Å²) in [6.07, 6.45) is 2.84. The maximum absolute atomic E-state index is 12.3. The molecule has 220 valence electrons. The van der Waals surface area contributed by atoms with Crippen molar-refractivity contribution in [1.82, 2.24) is 19.7 Å². The van der Waals surface area contributed by atoms with Crippen molar-refractivity contribution in [2.24, 2.45) is 4.99 Å². The van der Waals surface area contributed by atoms with Crippen LogP contribution in [0.4, 0.5) is 0 Å². The molecule has 0 atom stereocenters. The normalized spacial score (nSPS) is 11.9. The minimum atomic E-state index is -0.756. The number of hydrogen-bond acceptors (Lipinski definition) is 7. The number of aromatic amines is 1. The maximum atomic E-state index is 12.3. The average molecular weight is 655 g/mol. The van der Waals surface area contributed by atoms with Gasteiger partial charge >= 0.3 is 5.69 Å². The lowest BCUT2D eigenvalue weighted by atomic mass is 9.85. The van der Waals surface area contributed by atoms with Crippen molar-refractivity contribution < 1.29 is 4.74 Å². The molecule has 0 saturated carbocycles. The fourth-order valence-electron chi connectivity index (χ4n) is 4.62. The minimum Gasteiger partial charge on any atom is -0.383 e. The van der Waals surface area contributed by atoms with Gasteiger partial charge in [0.2, 0.25) is 0 Å². The molecular formula is C31H26Cl3N5O3S. The van der Waals surface area contributed by atoms with Gasteiger partial charge in [0.25, 0.3) is 5.56 Å². The summed E-state index contributed by atoms with van der Waals surface area (Å²) in [6, 6.07) is 18.8. The molecule has 2 heterocycles. The third-order valence-electron chi connectivity index (χ3n) is 6.71. The van der Waals surface area contributed by atoms with Crippen molar-refractivity contribution in [2.45, 2.75) is 19.3 Å². The summed E-state index contributed by atoms with van der Waals surface area (Å²) in [7, 11) is 1.65. The highest BCUT2D eigenvalue weighted by Crippen LogP contribution is 2.47. The molecule has 3 aromatic carbocycles. The fourth-order valence-corrected chi connectivity index (χ4v) is 6.97. The lowest BCUT2D eigenvalue weighted by Gasteiger charge is -2.26. The molecule has 0 aliphatic heterocycles. The van der Waals surface area contributed by atoms with Gasteiger partial charge in [-0.05, 0) is 49.2 Å². The molecule has 0 amide bonds. The van der Waals surface area contributed by atoms with Gasteiger partial charge in [0.15, 0.2) is 0 Å². The van der Waals surface area contributed by atoms with Gasteiger partial charge in [0.05, 0.1) is 34.4 Å². The molecule has 0 aliphatic carbocycles. The van der Waals surface area contributed by atoms with Gasteiger partial charge in [-0.3, -0.25) is 14.8 Å². The Bertz CT molecular complexity index is 1920. The molecule has 8 nitrogen and oxygen atoms in total. The summed E-state index contributed by atoms with van der Waals surface area (Å²) in [5, 5.41) is 5.88. The highest BCUT2D eigenvalue weighted by Gasteiger charge is 2.34. The monoisotopic (exact) mass is 653 g/mol. The van der Waals surface area contributed by atoms with Gasteiger partial charge in [-0.2, -0.15) is 9.78 Å². The Labute approximate surface area is 266 Å². The molecule has 0 spiro atoms. The van der Waals surface area contributed by atoms with E-state index < -0.39 is 16.7 Å². The molecule has 5 aromatic rings. The number of nitrogens with one attached hydrogen (secondary N) is 1. The number of methoxy groups -OCH3 is 1. The Morgan fingerprint density at radius 3 is 2.47 bits per heavy atom. The largest absolute Gasteiger partial charge is 0.383 e. The van der Waals surface area contributed by atoms with E-state index in [0.29, 0.717) is 39.5 Å². The first-order chi connectivity index (χ1) is 20.6. The van der Waals surface area contributed by atoms with Crippen molar-refractivity contribution in [2.75, 3.05) is 20.3 Å². The predicted octanol–water partition coefficient (Wildman–Crippen LogP) is 7.06. The van der Waals surface area contributed by atoms with Crippen LogP contribution in [0.2, 0.25) is 15.1 Å². The zero-order valence-electron chi connectivity index (χ0n) is 23.4. The summed E-state index contributed by atoms with van der Waals surface area (Å²) in [4.78, 5) is 36.5. The second-order valence-corrected chi connectivity index (χ2v) is 12.3. The van der Waals surface area contributed by atoms with E-state index in [1.165, 1.54) is 11.3 Å². The second kappa shape index (κ2) is 13.0. The fraction of sp³-hybridized carbons (Fsp3) is 0.194. The van der Waals surface area contributed by atoms with Crippen LogP contribution < -0.4 is 11.2 Å². The smallest absolute Gasteiger partial charge is 0.349 e. The number of aliphatic imine (C=N–C) groups is 1. The molecular weight excluding hydrogens is 629 g/mol. The van der Waals surface area contributed by atoms with E-state index in [1.807, 2.05) is 62.5 Å². The summed E-state index contributed by atoms with van der Waals surface area (Å²) in [5.41, 5.74) is 2.32. The zero-order chi connectivity index (χ0) is 30.7.